The second kappa shape index (κ2) is 7.48. The first-order chi connectivity index (χ1) is 6.86. The van der Waals surface area contributed by atoms with Crippen molar-refractivity contribution in [3.63, 3.8) is 0 Å². The first kappa shape index (κ1) is 13.1. The van der Waals surface area contributed by atoms with Gasteiger partial charge in [0.2, 0.25) is 0 Å². The smallest absolute Gasteiger partial charge is 0.115 e. The van der Waals surface area contributed by atoms with Crippen molar-refractivity contribution in [2.24, 2.45) is 0 Å². The van der Waals surface area contributed by atoms with E-state index in [1.807, 2.05) is 34.6 Å². The van der Waals surface area contributed by atoms with Crippen molar-refractivity contribution in [3.8, 4) is 0 Å². The van der Waals surface area contributed by atoms with Crippen LogP contribution in [0.3, 0.4) is 0 Å². The normalized spacial score (nSPS) is 13.2. The third-order valence-corrected chi connectivity index (χ3v) is 1.82. The monoisotopic (exact) mass is 194 g/mol. The number of hydrogen-bond donors (Lipinski definition) is 0. The predicted molar refractivity (Wildman–Crippen MR) is 61.4 cm³/mol. The maximum absolute atomic E-state index is 4.19. The lowest BCUT2D eigenvalue weighted by molar-refractivity contribution is 0.965. The molecular formula is C12H22N2. The molecule has 2 heteroatoms. The van der Waals surface area contributed by atoms with Crippen molar-refractivity contribution in [3.05, 3.63) is 23.8 Å². The van der Waals surface area contributed by atoms with Gasteiger partial charge in [0.1, 0.15) is 6.33 Å². The fourth-order valence-corrected chi connectivity index (χ4v) is 1.08. The summed E-state index contributed by atoms with van der Waals surface area (Å²) in [6.07, 6.45) is 4.29. The quantitative estimate of drug-likeness (QED) is 0.681. The Hall–Kier alpha value is -0.920. The number of aromatic nitrogens is 2. The minimum Gasteiger partial charge on any atom is -0.242 e. The van der Waals surface area contributed by atoms with Gasteiger partial charge in [-0.25, -0.2) is 9.97 Å². The van der Waals surface area contributed by atoms with Crippen LogP contribution < -0.4 is 0 Å². The molecule has 1 fully saturated rings. The first-order valence-corrected chi connectivity index (χ1v) is 5.65. The van der Waals surface area contributed by atoms with Gasteiger partial charge in [0.05, 0.1) is 0 Å². The summed E-state index contributed by atoms with van der Waals surface area (Å²) >= 11 is 0. The summed E-state index contributed by atoms with van der Waals surface area (Å²) in [4.78, 5) is 8.23. The number of aryl methyl sites for hydroxylation is 1. The van der Waals surface area contributed by atoms with Gasteiger partial charge in [0.15, 0.2) is 0 Å². The number of hydrogen-bond acceptors (Lipinski definition) is 2. The van der Waals surface area contributed by atoms with E-state index in [-0.39, 0.29) is 0 Å². The summed E-state index contributed by atoms with van der Waals surface area (Å²) in [5, 5.41) is 0. The molecule has 1 heterocycles. The lowest BCUT2D eigenvalue weighted by Gasteiger charge is -1.95. The molecule has 0 atom stereocenters. The van der Waals surface area contributed by atoms with Crippen molar-refractivity contribution in [1.29, 1.82) is 0 Å². The average Bonchev–Trinajstić information content (AvgIpc) is 3.07. The molecule has 0 N–H and O–H groups in total. The van der Waals surface area contributed by atoms with Crippen molar-refractivity contribution < 1.29 is 0 Å². The molecule has 1 aromatic heterocycles. The van der Waals surface area contributed by atoms with Gasteiger partial charge in [-0.2, -0.15) is 0 Å². The Bertz CT molecular complexity index is 242. The molecule has 0 unspecified atom stereocenters. The molecule has 1 aliphatic carbocycles. The summed E-state index contributed by atoms with van der Waals surface area (Å²) in [5.41, 5.74) is 2.31. The molecule has 14 heavy (non-hydrogen) atoms. The highest BCUT2D eigenvalue weighted by molar-refractivity contribution is 5.15. The lowest BCUT2D eigenvalue weighted by Crippen LogP contribution is -1.89. The van der Waals surface area contributed by atoms with E-state index in [0.717, 1.165) is 11.6 Å². The second-order valence-electron chi connectivity index (χ2n) is 2.86. The molecule has 0 amide bonds. The molecule has 2 nitrogen and oxygen atoms in total. The van der Waals surface area contributed by atoms with Crippen LogP contribution in [0.4, 0.5) is 0 Å². The maximum atomic E-state index is 4.19. The Kier molecular flexibility index (Phi) is 6.99. The van der Waals surface area contributed by atoms with Crippen molar-refractivity contribution in [1.82, 2.24) is 9.97 Å². The Morgan fingerprint density at radius 3 is 2.07 bits per heavy atom. The zero-order valence-corrected chi connectivity index (χ0v) is 10.0. The molecular weight excluding hydrogens is 172 g/mol. The van der Waals surface area contributed by atoms with E-state index >= 15 is 0 Å². The van der Waals surface area contributed by atoms with E-state index < -0.39 is 0 Å². The fourth-order valence-electron chi connectivity index (χ4n) is 1.08. The molecule has 1 saturated carbocycles. The molecule has 0 bridgehead atoms. The molecule has 0 aromatic carbocycles. The van der Waals surface area contributed by atoms with Crippen LogP contribution in [-0.2, 0) is 0 Å². The minimum absolute atomic E-state index is 0.752. The van der Waals surface area contributed by atoms with Crippen LogP contribution in [0.25, 0.3) is 0 Å². The van der Waals surface area contributed by atoms with E-state index in [1.54, 1.807) is 6.33 Å². The largest absolute Gasteiger partial charge is 0.242 e. The Balaban J connectivity index is 0.000000379. The highest BCUT2D eigenvalue weighted by Gasteiger charge is 2.24. The standard InChI is InChI=1S/C8H10N2.2C2H6/c1-6-4-8(7-2-3-7)10-5-9-6;2*1-2/h4-5,7H,2-3H2,1H3;2*1-2H3. The van der Waals surface area contributed by atoms with Crippen LogP contribution in [0.5, 0.6) is 0 Å². The van der Waals surface area contributed by atoms with Gasteiger partial charge >= 0.3 is 0 Å². The summed E-state index contributed by atoms with van der Waals surface area (Å²) < 4.78 is 0. The molecule has 1 aliphatic rings. The van der Waals surface area contributed by atoms with Crippen LogP contribution in [-0.4, -0.2) is 9.97 Å². The van der Waals surface area contributed by atoms with Crippen LogP contribution >= 0.6 is 0 Å². The van der Waals surface area contributed by atoms with Gasteiger partial charge < -0.3 is 0 Å². The summed E-state index contributed by atoms with van der Waals surface area (Å²) in [5.74, 6) is 0.752. The zero-order chi connectivity index (χ0) is 11.0. The fraction of sp³-hybridized carbons (Fsp3) is 0.667. The second-order valence-corrected chi connectivity index (χ2v) is 2.86. The average molecular weight is 194 g/mol. The van der Waals surface area contributed by atoms with E-state index in [1.165, 1.54) is 18.5 Å². The summed E-state index contributed by atoms with van der Waals surface area (Å²) in [6.45, 7) is 10.0. The van der Waals surface area contributed by atoms with Gasteiger partial charge in [-0.1, -0.05) is 27.7 Å². The first-order valence-electron chi connectivity index (χ1n) is 5.65. The van der Waals surface area contributed by atoms with Crippen LogP contribution in [0.15, 0.2) is 12.4 Å². The number of rotatable bonds is 1. The van der Waals surface area contributed by atoms with Crippen LogP contribution in [0.1, 0.15) is 57.8 Å². The Morgan fingerprint density at radius 1 is 1.07 bits per heavy atom. The predicted octanol–water partition coefficient (Wildman–Crippen LogP) is 3.71. The van der Waals surface area contributed by atoms with E-state index in [4.69, 9.17) is 0 Å². The molecule has 80 valence electrons. The Labute approximate surface area is 87.8 Å². The topological polar surface area (TPSA) is 25.8 Å². The molecule has 0 radical (unpaired) electrons. The minimum atomic E-state index is 0.752. The van der Waals surface area contributed by atoms with Crippen molar-refractivity contribution >= 4 is 0 Å². The SMILES string of the molecule is CC.CC.Cc1cc(C2CC2)ncn1. The Morgan fingerprint density at radius 2 is 1.64 bits per heavy atom. The third kappa shape index (κ3) is 4.35. The molecule has 2 rings (SSSR count). The lowest BCUT2D eigenvalue weighted by atomic mass is 10.2. The zero-order valence-electron chi connectivity index (χ0n) is 10.0. The van der Waals surface area contributed by atoms with Crippen LogP contribution in [0.2, 0.25) is 0 Å². The van der Waals surface area contributed by atoms with Gasteiger partial charge in [-0.15, -0.1) is 0 Å². The molecule has 0 aliphatic heterocycles. The number of nitrogens with zero attached hydrogens (tertiary/aromatic N) is 2. The molecule has 0 spiro atoms. The van der Waals surface area contributed by atoms with E-state index in [0.29, 0.717) is 0 Å². The van der Waals surface area contributed by atoms with Crippen LogP contribution in [0, 0.1) is 6.92 Å². The van der Waals surface area contributed by atoms with Gasteiger partial charge in [-0.05, 0) is 25.8 Å². The van der Waals surface area contributed by atoms with Crippen molar-refractivity contribution in [2.75, 3.05) is 0 Å². The van der Waals surface area contributed by atoms with E-state index in [2.05, 4.69) is 16.0 Å². The molecule has 0 saturated heterocycles. The van der Waals surface area contributed by atoms with Crippen molar-refractivity contribution in [2.45, 2.75) is 53.4 Å². The highest BCUT2D eigenvalue weighted by atomic mass is 14.8. The maximum Gasteiger partial charge on any atom is 0.115 e. The van der Waals surface area contributed by atoms with Gasteiger partial charge in [0, 0.05) is 17.3 Å². The highest BCUT2D eigenvalue weighted by Crippen LogP contribution is 2.38. The third-order valence-electron chi connectivity index (χ3n) is 1.82. The van der Waals surface area contributed by atoms with Gasteiger partial charge in [-0.3, -0.25) is 0 Å². The summed E-state index contributed by atoms with van der Waals surface area (Å²) in [7, 11) is 0. The van der Waals surface area contributed by atoms with E-state index in [9.17, 15) is 0 Å². The van der Waals surface area contributed by atoms with Gasteiger partial charge in [0.25, 0.3) is 0 Å². The summed E-state index contributed by atoms with van der Waals surface area (Å²) in [6, 6.07) is 2.08. The molecule has 1 aromatic rings.